The summed E-state index contributed by atoms with van der Waals surface area (Å²) < 4.78 is 52.5. The highest BCUT2D eigenvalue weighted by Crippen LogP contribution is 2.27. The van der Waals surface area contributed by atoms with Gasteiger partial charge in [-0.3, -0.25) is 0 Å². The van der Waals surface area contributed by atoms with Gasteiger partial charge in [0.2, 0.25) is 20.0 Å². The maximum Gasteiger partial charge on any atom is 0.244 e. The zero-order chi connectivity index (χ0) is 18.1. The lowest BCUT2D eigenvalue weighted by atomic mass is 9.94. The Morgan fingerprint density at radius 2 is 1.38 bits per heavy atom. The van der Waals surface area contributed by atoms with Crippen molar-refractivity contribution < 1.29 is 16.8 Å². The summed E-state index contributed by atoms with van der Waals surface area (Å²) in [6.45, 7) is 4.19. The average Bonchev–Trinajstić information content (AvgIpc) is 2.46. The molecule has 0 spiro atoms. The van der Waals surface area contributed by atoms with Crippen molar-refractivity contribution in [2.24, 2.45) is 11.1 Å². The molecule has 1 rings (SSSR count). The topological polar surface area (TPSA) is 101 Å². The zero-order valence-corrected chi connectivity index (χ0v) is 17.0. The number of halogens is 1. The van der Waals surface area contributed by atoms with E-state index in [2.05, 4.69) is 0 Å². The van der Waals surface area contributed by atoms with E-state index in [1.807, 2.05) is 13.8 Å². The van der Waals surface area contributed by atoms with Gasteiger partial charge in [-0.1, -0.05) is 26.0 Å². The molecule has 0 fully saturated rings. The first-order valence-electron chi connectivity index (χ1n) is 7.04. The summed E-state index contributed by atoms with van der Waals surface area (Å²) in [4.78, 5) is -0.466. The van der Waals surface area contributed by atoms with E-state index >= 15 is 0 Å². The van der Waals surface area contributed by atoms with E-state index in [1.54, 1.807) is 0 Å². The van der Waals surface area contributed by atoms with Crippen molar-refractivity contribution in [1.29, 1.82) is 0 Å². The van der Waals surface area contributed by atoms with Crippen LogP contribution < -0.4 is 5.73 Å². The zero-order valence-electron chi connectivity index (χ0n) is 14.6. The van der Waals surface area contributed by atoms with Gasteiger partial charge < -0.3 is 5.73 Å². The largest absolute Gasteiger partial charge is 0.330 e. The summed E-state index contributed by atoms with van der Waals surface area (Å²) in [5.74, 6) is 0. The SMILES string of the molecule is CN(C)S(=O)(=O)c1ccccc1S(=O)(=O)N(C)CC(C)(C)CN.Cl. The molecular formula is C14H26ClN3O4S2. The van der Waals surface area contributed by atoms with Crippen molar-refractivity contribution in [3.05, 3.63) is 24.3 Å². The first kappa shape index (κ1) is 23.3. The van der Waals surface area contributed by atoms with Gasteiger partial charge in [-0.05, 0) is 24.1 Å². The minimum Gasteiger partial charge on any atom is -0.330 e. The van der Waals surface area contributed by atoms with Crippen LogP contribution in [0.15, 0.2) is 34.1 Å². The van der Waals surface area contributed by atoms with Crippen LogP contribution in [0, 0.1) is 5.41 Å². The molecule has 0 aromatic heterocycles. The normalized spacial score (nSPS) is 13.2. The summed E-state index contributed by atoms with van der Waals surface area (Å²) in [5, 5.41) is 0. The molecule has 0 atom stereocenters. The Hall–Kier alpha value is -0.710. The molecule has 2 N–H and O–H groups in total. The molecule has 1 aromatic carbocycles. The predicted molar refractivity (Wildman–Crippen MR) is 97.2 cm³/mol. The second-order valence-corrected chi connectivity index (χ2v) is 10.5. The third kappa shape index (κ3) is 4.90. The van der Waals surface area contributed by atoms with Gasteiger partial charge in [0.15, 0.2) is 0 Å². The van der Waals surface area contributed by atoms with Crippen molar-refractivity contribution in [2.75, 3.05) is 34.2 Å². The van der Waals surface area contributed by atoms with Crippen LogP contribution in [0.5, 0.6) is 0 Å². The second-order valence-electron chi connectivity index (χ2n) is 6.36. The summed E-state index contributed by atoms with van der Waals surface area (Å²) >= 11 is 0. The van der Waals surface area contributed by atoms with Crippen LogP contribution in [-0.4, -0.2) is 59.7 Å². The Balaban J connectivity index is 0.00000529. The van der Waals surface area contributed by atoms with Crippen molar-refractivity contribution in [1.82, 2.24) is 8.61 Å². The maximum atomic E-state index is 12.8. The van der Waals surface area contributed by atoms with E-state index < -0.39 is 25.5 Å². The third-order valence-corrected chi connectivity index (χ3v) is 7.36. The van der Waals surface area contributed by atoms with Crippen molar-refractivity contribution >= 4 is 32.5 Å². The molecule has 0 bridgehead atoms. The Bertz CT molecular complexity index is 762. The number of sulfonamides is 2. The second kappa shape index (κ2) is 8.11. The lowest BCUT2D eigenvalue weighted by Gasteiger charge is -2.29. The minimum atomic E-state index is -3.96. The predicted octanol–water partition coefficient (Wildman–Crippen LogP) is 0.964. The van der Waals surface area contributed by atoms with Crippen molar-refractivity contribution in [3.63, 3.8) is 0 Å². The number of nitrogens with two attached hydrogens (primary N) is 1. The summed E-state index contributed by atoms with van der Waals surface area (Å²) in [6.07, 6.45) is 0. The standard InChI is InChI=1S/C14H25N3O4S2.ClH/c1-14(2,10-15)11-17(5)23(20,21)13-9-7-6-8-12(13)22(18,19)16(3)4;/h6-9H,10-11,15H2,1-5H3;1H. The number of hydrogen-bond acceptors (Lipinski definition) is 5. The van der Waals surface area contributed by atoms with Crippen LogP contribution in [0.1, 0.15) is 13.8 Å². The fourth-order valence-electron chi connectivity index (χ4n) is 1.99. The molecule has 1 aromatic rings. The quantitative estimate of drug-likeness (QED) is 0.736. The van der Waals surface area contributed by atoms with E-state index in [-0.39, 0.29) is 28.7 Å². The van der Waals surface area contributed by atoms with Gasteiger partial charge >= 0.3 is 0 Å². The third-order valence-electron chi connectivity index (χ3n) is 3.50. The minimum absolute atomic E-state index is 0. The van der Waals surface area contributed by atoms with Gasteiger partial charge in [0.1, 0.15) is 9.79 Å². The number of nitrogens with zero attached hydrogens (tertiary/aromatic N) is 2. The highest BCUT2D eigenvalue weighted by atomic mass is 35.5. The van der Waals surface area contributed by atoms with Gasteiger partial charge in [-0.25, -0.2) is 25.4 Å². The number of hydrogen-bond donors (Lipinski definition) is 1. The maximum absolute atomic E-state index is 12.8. The molecule has 0 aliphatic heterocycles. The Kier molecular flexibility index (Phi) is 7.87. The molecule has 0 heterocycles. The summed E-state index contributed by atoms with van der Waals surface area (Å²) in [5.41, 5.74) is 5.23. The first-order chi connectivity index (χ1) is 10.4. The molecule has 24 heavy (non-hydrogen) atoms. The number of rotatable bonds is 7. The highest BCUT2D eigenvalue weighted by Gasteiger charge is 2.32. The van der Waals surface area contributed by atoms with Crippen molar-refractivity contribution in [2.45, 2.75) is 23.6 Å². The van der Waals surface area contributed by atoms with Crippen LogP contribution in [0.25, 0.3) is 0 Å². The molecule has 0 saturated heterocycles. The van der Waals surface area contributed by atoms with Crippen LogP contribution in [0.4, 0.5) is 0 Å². The molecular weight excluding hydrogens is 374 g/mol. The average molecular weight is 400 g/mol. The molecule has 0 aliphatic rings. The smallest absolute Gasteiger partial charge is 0.244 e. The van der Waals surface area contributed by atoms with Gasteiger partial charge in [0.05, 0.1) is 0 Å². The van der Waals surface area contributed by atoms with Crippen LogP contribution in [0.3, 0.4) is 0 Å². The lowest BCUT2D eigenvalue weighted by Crippen LogP contribution is -2.40. The van der Waals surface area contributed by atoms with Gasteiger partial charge in [-0.2, -0.15) is 0 Å². The van der Waals surface area contributed by atoms with E-state index in [0.717, 1.165) is 8.61 Å². The summed E-state index contributed by atoms with van der Waals surface area (Å²) in [6, 6.07) is 5.60. The molecule has 10 heteroatoms. The number of benzene rings is 1. The fourth-order valence-corrected chi connectivity index (χ4v) is 5.02. The fraction of sp³-hybridized carbons (Fsp3) is 0.571. The Labute approximate surface area is 151 Å². The van der Waals surface area contributed by atoms with Gasteiger partial charge in [0.25, 0.3) is 0 Å². The molecule has 140 valence electrons. The van der Waals surface area contributed by atoms with E-state index in [0.29, 0.717) is 6.54 Å². The lowest BCUT2D eigenvalue weighted by molar-refractivity contribution is 0.291. The molecule has 0 saturated carbocycles. The Morgan fingerprint density at radius 1 is 0.958 bits per heavy atom. The summed E-state index contributed by atoms with van der Waals surface area (Å²) in [7, 11) is -3.68. The van der Waals surface area contributed by atoms with Gasteiger partial charge in [0, 0.05) is 27.7 Å². The highest BCUT2D eigenvalue weighted by molar-refractivity contribution is 7.92. The van der Waals surface area contributed by atoms with Gasteiger partial charge in [-0.15, -0.1) is 12.4 Å². The molecule has 0 radical (unpaired) electrons. The molecule has 7 nitrogen and oxygen atoms in total. The molecule has 0 unspecified atom stereocenters. The first-order valence-corrected chi connectivity index (χ1v) is 9.92. The monoisotopic (exact) mass is 399 g/mol. The molecule has 0 amide bonds. The molecule has 0 aliphatic carbocycles. The van der Waals surface area contributed by atoms with E-state index in [4.69, 9.17) is 5.73 Å². The Morgan fingerprint density at radius 3 is 1.75 bits per heavy atom. The van der Waals surface area contributed by atoms with E-state index in [1.165, 1.54) is 45.4 Å². The van der Waals surface area contributed by atoms with E-state index in [9.17, 15) is 16.8 Å². The van der Waals surface area contributed by atoms with Crippen molar-refractivity contribution in [3.8, 4) is 0 Å². The van der Waals surface area contributed by atoms with Crippen LogP contribution in [-0.2, 0) is 20.0 Å². The van der Waals surface area contributed by atoms with Crippen LogP contribution >= 0.6 is 12.4 Å². The van der Waals surface area contributed by atoms with Crippen LogP contribution in [0.2, 0.25) is 0 Å².